The molecule has 2 aromatic rings. The molecular weight excluding hydrogens is 228 g/mol. The van der Waals surface area contributed by atoms with Crippen molar-refractivity contribution >= 4 is 0 Å². The van der Waals surface area contributed by atoms with Crippen LogP contribution in [-0.2, 0) is 19.6 Å². The van der Waals surface area contributed by atoms with E-state index in [1.807, 2.05) is 21.6 Å². The van der Waals surface area contributed by atoms with Crippen LogP contribution < -0.4 is 5.32 Å². The molecule has 1 N–H and O–H groups in total. The van der Waals surface area contributed by atoms with E-state index in [4.69, 9.17) is 0 Å². The molecule has 0 bridgehead atoms. The summed E-state index contributed by atoms with van der Waals surface area (Å²) < 4.78 is 3.88. The number of nitrogens with one attached hydrogen (secondary N) is 1. The standard InChI is InChI=1S/C12H20N6/c1-12(2,3)14-8-11-9-18(16-15-11)7-6-17-5-4-13-10-17/h4-5,9-10,14H,6-8H2,1-3H3. The molecule has 0 aromatic carbocycles. The molecule has 2 aromatic heterocycles. The van der Waals surface area contributed by atoms with E-state index in [0.29, 0.717) is 0 Å². The highest BCUT2D eigenvalue weighted by atomic mass is 15.4. The molecule has 0 atom stereocenters. The van der Waals surface area contributed by atoms with Crippen LogP contribution in [-0.4, -0.2) is 30.1 Å². The third kappa shape index (κ3) is 3.96. The smallest absolute Gasteiger partial charge is 0.0965 e. The fourth-order valence-corrected chi connectivity index (χ4v) is 1.52. The highest BCUT2D eigenvalue weighted by molar-refractivity contribution is 4.93. The van der Waals surface area contributed by atoms with Gasteiger partial charge in [-0.15, -0.1) is 5.10 Å². The Labute approximate surface area is 107 Å². The van der Waals surface area contributed by atoms with Gasteiger partial charge in [-0.05, 0) is 20.8 Å². The summed E-state index contributed by atoms with van der Waals surface area (Å²) in [6.07, 6.45) is 7.51. The van der Waals surface area contributed by atoms with Crippen molar-refractivity contribution in [2.24, 2.45) is 0 Å². The normalized spacial score (nSPS) is 11.9. The number of nitrogens with zero attached hydrogens (tertiary/aromatic N) is 5. The van der Waals surface area contributed by atoms with E-state index >= 15 is 0 Å². The van der Waals surface area contributed by atoms with Crippen molar-refractivity contribution in [1.82, 2.24) is 29.9 Å². The van der Waals surface area contributed by atoms with Gasteiger partial charge in [0.2, 0.25) is 0 Å². The first kappa shape index (κ1) is 12.8. The summed E-state index contributed by atoms with van der Waals surface area (Å²) in [4.78, 5) is 4.00. The zero-order valence-electron chi connectivity index (χ0n) is 11.2. The Bertz CT molecular complexity index is 465. The topological polar surface area (TPSA) is 60.6 Å². The summed E-state index contributed by atoms with van der Waals surface area (Å²) in [6, 6.07) is 0. The maximum atomic E-state index is 4.14. The molecule has 0 saturated heterocycles. The van der Waals surface area contributed by atoms with E-state index in [1.165, 1.54) is 0 Å². The maximum Gasteiger partial charge on any atom is 0.0965 e. The molecular formula is C12H20N6. The predicted molar refractivity (Wildman–Crippen MR) is 68.8 cm³/mol. The van der Waals surface area contributed by atoms with Crippen molar-refractivity contribution < 1.29 is 0 Å². The zero-order valence-corrected chi connectivity index (χ0v) is 11.2. The Balaban J connectivity index is 1.82. The molecule has 0 amide bonds. The average Bonchev–Trinajstić information content (AvgIpc) is 2.94. The van der Waals surface area contributed by atoms with Crippen molar-refractivity contribution in [3.05, 3.63) is 30.6 Å². The van der Waals surface area contributed by atoms with Crippen molar-refractivity contribution in [1.29, 1.82) is 0 Å². The third-order valence-corrected chi connectivity index (χ3v) is 2.53. The molecule has 0 saturated carbocycles. The second-order valence-electron chi connectivity index (χ2n) is 5.38. The first-order chi connectivity index (χ1) is 8.53. The molecule has 0 aliphatic heterocycles. The van der Waals surface area contributed by atoms with E-state index in [-0.39, 0.29) is 5.54 Å². The van der Waals surface area contributed by atoms with Gasteiger partial charge in [0.1, 0.15) is 0 Å². The first-order valence-corrected chi connectivity index (χ1v) is 6.13. The van der Waals surface area contributed by atoms with Gasteiger partial charge in [0, 0.05) is 37.2 Å². The Kier molecular flexibility index (Phi) is 3.76. The third-order valence-electron chi connectivity index (χ3n) is 2.53. The Hall–Kier alpha value is -1.69. The molecule has 0 radical (unpaired) electrons. The van der Waals surface area contributed by atoms with E-state index in [0.717, 1.165) is 25.3 Å². The van der Waals surface area contributed by atoms with Crippen LogP contribution in [0.2, 0.25) is 0 Å². The van der Waals surface area contributed by atoms with Crippen molar-refractivity contribution in [2.45, 2.75) is 45.9 Å². The Morgan fingerprint density at radius 1 is 1.28 bits per heavy atom. The molecule has 18 heavy (non-hydrogen) atoms. The number of hydrogen-bond donors (Lipinski definition) is 1. The van der Waals surface area contributed by atoms with E-state index in [1.54, 1.807) is 12.5 Å². The van der Waals surface area contributed by atoms with Crippen molar-refractivity contribution in [3.8, 4) is 0 Å². The monoisotopic (exact) mass is 248 g/mol. The van der Waals surface area contributed by atoms with Crippen LogP contribution in [0.4, 0.5) is 0 Å². The highest BCUT2D eigenvalue weighted by Crippen LogP contribution is 2.01. The van der Waals surface area contributed by atoms with Gasteiger partial charge in [-0.25, -0.2) is 4.98 Å². The number of hydrogen-bond acceptors (Lipinski definition) is 4. The minimum Gasteiger partial charge on any atom is -0.336 e. The average molecular weight is 248 g/mol. The minimum absolute atomic E-state index is 0.0978. The summed E-state index contributed by atoms with van der Waals surface area (Å²) in [5.74, 6) is 0. The fraction of sp³-hybridized carbons (Fsp3) is 0.583. The highest BCUT2D eigenvalue weighted by Gasteiger charge is 2.09. The summed E-state index contributed by atoms with van der Waals surface area (Å²) in [5, 5.41) is 11.6. The minimum atomic E-state index is 0.0978. The number of aromatic nitrogens is 5. The number of aryl methyl sites for hydroxylation is 2. The molecule has 98 valence electrons. The predicted octanol–water partition coefficient (Wildman–Crippen LogP) is 1.06. The van der Waals surface area contributed by atoms with Crippen LogP contribution in [0.1, 0.15) is 26.5 Å². The van der Waals surface area contributed by atoms with Gasteiger partial charge in [-0.1, -0.05) is 5.21 Å². The quantitative estimate of drug-likeness (QED) is 0.859. The summed E-state index contributed by atoms with van der Waals surface area (Å²) in [7, 11) is 0. The SMILES string of the molecule is CC(C)(C)NCc1cn(CCn2ccnc2)nn1. The second kappa shape index (κ2) is 5.30. The largest absolute Gasteiger partial charge is 0.336 e. The molecule has 0 unspecified atom stereocenters. The molecule has 0 fully saturated rings. The van der Waals surface area contributed by atoms with Gasteiger partial charge in [-0.2, -0.15) is 0 Å². The van der Waals surface area contributed by atoms with Crippen molar-refractivity contribution in [3.63, 3.8) is 0 Å². The van der Waals surface area contributed by atoms with Gasteiger partial charge >= 0.3 is 0 Å². The summed E-state index contributed by atoms with van der Waals surface area (Å²) in [6.45, 7) is 8.81. The number of imidazole rings is 1. The van der Waals surface area contributed by atoms with E-state index in [2.05, 4.69) is 41.4 Å². The molecule has 0 spiro atoms. The van der Waals surface area contributed by atoms with Crippen LogP contribution in [0, 0.1) is 0 Å². The second-order valence-corrected chi connectivity index (χ2v) is 5.38. The van der Waals surface area contributed by atoms with E-state index in [9.17, 15) is 0 Å². The van der Waals surface area contributed by atoms with Crippen LogP contribution in [0.3, 0.4) is 0 Å². The van der Waals surface area contributed by atoms with Gasteiger partial charge in [-0.3, -0.25) is 4.68 Å². The van der Waals surface area contributed by atoms with Crippen LogP contribution in [0.25, 0.3) is 0 Å². The zero-order chi connectivity index (χ0) is 13.0. The lowest BCUT2D eigenvalue weighted by Crippen LogP contribution is -2.35. The van der Waals surface area contributed by atoms with Crippen LogP contribution in [0.5, 0.6) is 0 Å². The lowest BCUT2D eigenvalue weighted by molar-refractivity contribution is 0.421. The lowest BCUT2D eigenvalue weighted by atomic mass is 10.1. The van der Waals surface area contributed by atoms with Crippen LogP contribution in [0.15, 0.2) is 24.9 Å². The molecule has 2 heterocycles. The van der Waals surface area contributed by atoms with Crippen LogP contribution >= 0.6 is 0 Å². The summed E-state index contributed by atoms with van der Waals surface area (Å²) >= 11 is 0. The molecule has 6 nitrogen and oxygen atoms in total. The maximum absolute atomic E-state index is 4.14. The van der Waals surface area contributed by atoms with Gasteiger partial charge in [0.25, 0.3) is 0 Å². The number of rotatable bonds is 5. The van der Waals surface area contributed by atoms with E-state index < -0.39 is 0 Å². The Morgan fingerprint density at radius 3 is 2.78 bits per heavy atom. The van der Waals surface area contributed by atoms with Gasteiger partial charge < -0.3 is 9.88 Å². The first-order valence-electron chi connectivity index (χ1n) is 6.13. The summed E-state index contributed by atoms with van der Waals surface area (Å²) in [5.41, 5.74) is 1.07. The van der Waals surface area contributed by atoms with Gasteiger partial charge in [0.05, 0.1) is 18.6 Å². The molecule has 0 aliphatic carbocycles. The van der Waals surface area contributed by atoms with Crippen molar-refractivity contribution in [2.75, 3.05) is 0 Å². The molecule has 0 aliphatic rings. The fourth-order valence-electron chi connectivity index (χ4n) is 1.52. The molecule has 2 rings (SSSR count). The molecule has 6 heteroatoms. The lowest BCUT2D eigenvalue weighted by Gasteiger charge is -2.19. The Morgan fingerprint density at radius 2 is 2.11 bits per heavy atom. The van der Waals surface area contributed by atoms with Gasteiger partial charge in [0.15, 0.2) is 0 Å².